The Hall–Kier alpha value is -3.16. The van der Waals surface area contributed by atoms with Gasteiger partial charge < -0.3 is 9.47 Å². The molecule has 0 aliphatic carbocycles. The number of rotatable bonds is 4. The predicted molar refractivity (Wildman–Crippen MR) is 103 cm³/mol. The van der Waals surface area contributed by atoms with Crippen molar-refractivity contribution in [3.05, 3.63) is 54.3 Å². The topological polar surface area (TPSA) is 89.7 Å². The minimum atomic E-state index is 0.00271. The fourth-order valence-corrected chi connectivity index (χ4v) is 3.64. The molecule has 1 aliphatic heterocycles. The van der Waals surface area contributed by atoms with Crippen molar-refractivity contribution >= 4 is 5.91 Å². The van der Waals surface area contributed by atoms with Crippen LogP contribution in [0.2, 0.25) is 0 Å². The summed E-state index contributed by atoms with van der Waals surface area (Å²) < 4.78 is 1.96. The molecule has 3 aromatic rings. The third-order valence-electron chi connectivity index (χ3n) is 5.13. The molecule has 144 valence electrons. The Bertz CT molecular complexity index is 962. The molecule has 4 rings (SSSR count). The summed E-state index contributed by atoms with van der Waals surface area (Å²) in [4.78, 5) is 36.0. The Labute approximate surface area is 163 Å². The average molecular weight is 377 g/mol. The maximum atomic E-state index is 12.5. The van der Waals surface area contributed by atoms with Gasteiger partial charge in [0.05, 0.1) is 5.56 Å². The van der Waals surface area contributed by atoms with Gasteiger partial charge in [-0.15, -0.1) is 0 Å². The molecule has 1 saturated heterocycles. The lowest BCUT2D eigenvalue weighted by atomic mass is 9.93. The first-order chi connectivity index (χ1) is 13.6. The summed E-state index contributed by atoms with van der Waals surface area (Å²) in [6, 6.07) is 1.97. The summed E-state index contributed by atoms with van der Waals surface area (Å²) >= 11 is 0. The number of piperidine rings is 1. The number of hydrogen-bond acceptors (Lipinski definition) is 6. The molecule has 1 aliphatic rings. The quantitative estimate of drug-likeness (QED) is 0.691. The molecule has 0 saturated carbocycles. The van der Waals surface area contributed by atoms with Gasteiger partial charge in [-0.1, -0.05) is 0 Å². The first kappa shape index (κ1) is 18.2. The van der Waals surface area contributed by atoms with E-state index < -0.39 is 0 Å². The van der Waals surface area contributed by atoms with E-state index in [-0.39, 0.29) is 5.91 Å². The van der Waals surface area contributed by atoms with Crippen LogP contribution >= 0.6 is 0 Å². The standard InChI is InChI=1S/C20H23N7O/c1-14-9-17(19-23-5-8-26(19)2)25-18(24-14)10-15-3-6-27(7-4-15)20(28)16-11-21-13-22-12-16/h5,8-9,11-13,15H,3-4,6-7,10H2,1-2H3. The van der Waals surface area contributed by atoms with Crippen molar-refractivity contribution in [1.82, 2.24) is 34.4 Å². The molecule has 0 bridgehead atoms. The van der Waals surface area contributed by atoms with Crippen molar-refractivity contribution in [2.45, 2.75) is 26.2 Å². The zero-order valence-electron chi connectivity index (χ0n) is 16.1. The maximum Gasteiger partial charge on any atom is 0.256 e. The van der Waals surface area contributed by atoms with E-state index in [2.05, 4.69) is 19.9 Å². The summed E-state index contributed by atoms with van der Waals surface area (Å²) in [6.07, 6.45) is 11.0. The van der Waals surface area contributed by atoms with Crippen molar-refractivity contribution in [2.75, 3.05) is 13.1 Å². The number of aromatic nitrogens is 6. The van der Waals surface area contributed by atoms with Gasteiger partial charge in [-0.05, 0) is 31.7 Å². The number of imidazole rings is 1. The Morgan fingerprint density at radius 2 is 1.93 bits per heavy atom. The minimum Gasteiger partial charge on any atom is -0.339 e. The molecule has 3 aromatic heterocycles. The van der Waals surface area contributed by atoms with Crippen molar-refractivity contribution < 1.29 is 4.79 Å². The molecule has 28 heavy (non-hydrogen) atoms. The van der Waals surface area contributed by atoms with Crippen LogP contribution in [0.15, 0.2) is 37.2 Å². The Kier molecular flexibility index (Phi) is 5.10. The molecule has 1 amide bonds. The number of carbonyl (C=O) groups excluding carboxylic acids is 1. The highest BCUT2D eigenvalue weighted by Gasteiger charge is 2.25. The van der Waals surface area contributed by atoms with Crippen LogP contribution in [0.3, 0.4) is 0 Å². The molecule has 0 spiro atoms. The highest BCUT2D eigenvalue weighted by Crippen LogP contribution is 2.23. The number of hydrogen-bond donors (Lipinski definition) is 0. The van der Waals surface area contributed by atoms with Crippen LogP contribution in [0.25, 0.3) is 11.5 Å². The van der Waals surface area contributed by atoms with Crippen LogP contribution in [0.4, 0.5) is 0 Å². The average Bonchev–Trinajstić information content (AvgIpc) is 3.14. The Morgan fingerprint density at radius 1 is 1.18 bits per heavy atom. The van der Waals surface area contributed by atoms with Crippen LogP contribution in [0, 0.1) is 12.8 Å². The molecule has 0 N–H and O–H groups in total. The molecule has 0 atom stereocenters. The lowest BCUT2D eigenvalue weighted by molar-refractivity contribution is 0.0689. The summed E-state index contributed by atoms with van der Waals surface area (Å²) in [5.74, 6) is 2.16. The number of carbonyl (C=O) groups is 1. The molecule has 8 heteroatoms. The molecule has 4 heterocycles. The lowest BCUT2D eigenvalue weighted by Crippen LogP contribution is -2.39. The smallest absolute Gasteiger partial charge is 0.256 e. The summed E-state index contributed by atoms with van der Waals surface area (Å²) in [6.45, 7) is 3.45. The van der Waals surface area contributed by atoms with Gasteiger partial charge in [-0.2, -0.15) is 0 Å². The van der Waals surface area contributed by atoms with Crippen molar-refractivity contribution in [3.8, 4) is 11.5 Å². The van der Waals surface area contributed by atoms with Crippen LogP contribution < -0.4 is 0 Å². The van der Waals surface area contributed by atoms with Gasteiger partial charge in [0.2, 0.25) is 0 Å². The van der Waals surface area contributed by atoms with E-state index in [0.717, 1.165) is 55.4 Å². The van der Waals surface area contributed by atoms with Crippen molar-refractivity contribution in [1.29, 1.82) is 0 Å². The number of nitrogens with zero attached hydrogens (tertiary/aromatic N) is 7. The van der Waals surface area contributed by atoms with E-state index in [9.17, 15) is 4.79 Å². The van der Waals surface area contributed by atoms with E-state index in [1.165, 1.54) is 6.33 Å². The molecule has 0 aromatic carbocycles. The fourth-order valence-electron chi connectivity index (χ4n) is 3.64. The summed E-state index contributed by atoms with van der Waals surface area (Å²) in [5, 5.41) is 0. The predicted octanol–water partition coefficient (Wildman–Crippen LogP) is 2.07. The molecule has 0 unspecified atom stereocenters. The molecule has 8 nitrogen and oxygen atoms in total. The summed E-state index contributed by atoms with van der Waals surface area (Å²) in [7, 11) is 1.96. The Balaban J connectivity index is 1.41. The first-order valence-corrected chi connectivity index (χ1v) is 9.46. The van der Waals surface area contributed by atoms with E-state index in [1.54, 1.807) is 18.6 Å². The van der Waals surface area contributed by atoms with Gasteiger partial charge in [-0.25, -0.2) is 24.9 Å². The van der Waals surface area contributed by atoms with Crippen molar-refractivity contribution in [3.63, 3.8) is 0 Å². The van der Waals surface area contributed by atoms with E-state index in [4.69, 9.17) is 4.98 Å². The Morgan fingerprint density at radius 3 is 2.61 bits per heavy atom. The monoisotopic (exact) mass is 377 g/mol. The van der Waals surface area contributed by atoms with Gasteiger partial charge in [0, 0.05) is 57.0 Å². The third-order valence-corrected chi connectivity index (χ3v) is 5.13. The lowest BCUT2D eigenvalue weighted by Gasteiger charge is -2.31. The first-order valence-electron chi connectivity index (χ1n) is 9.46. The molecular weight excluding hydrogens is 354 g/mol. The normalized spacial score (nSPS) is 15.0. The van der Waals surface area contributed by atoms with Crippen LogP contribution in [-0.2, 0) is 13.5 Å². The largest absolute Gasteiger partial charge is 0.339 e. The zero-order valence-corrected chi connectivity index (χ0v) is 16.1. The number of aryl methyl sites for hydroxylation is 2. The van der Waals surface area contributed by atoms with E-state index in [1.807, 2.05) is 35.7 Å². The number of amides is 1. The molecule has 0 radical (unpaired) electrons. The second-order valence-electron chi connectivity index (χ2n) is 7.24. The SMILES string of the molecule is Cc1cc(-c2nccn2C)nc(CC2CCN(C(=O)c3cncnc3)CC2)n1. The second-order valence-corrected chi connectivity index (χ2v) is 7.24. The van der Waals surface area contributed by atoms with Gasteiger partial charge in [-0.3, -0.25) is 4.79 Å². The molecular formula is C20H23N7O. The van der Waals surface area contributed by atoms with E-state index in [0.29, 0.717) is 11.5 Å². The highest BCUT2D eigenvalue weighted by molar-refractivity contribution is 5.93. The third kappa shape index (κ3) is 3.90. The van der Waals surface area contributed by atoms with Crippen molar-refractivity contribution in [2.24, 2.45) is 13.0 Å². The molecule has 1 fully saturated rings. The van der Waals surface area contributed by atoms with Gasteiger partial charge in [0.15, 0.2) is 5.82 Å². The number of likely N-dealkylation sites (tertiary alicyclic amines) is 1. The minimum absolute atomic E-state index is 0.00271. The fraction of sp³-hybridized carbons (Fsp3) is 0.400. The van der Waals surface area contributed by atoms with Gasteiger partial charge in [0.25, 0.3) is 5.91 Å². The zero-order chi connectivity index (χ0) is 19.5. The van der Waals surface area contributed by atoms with Crippen LogP contribution in [0.5, 0.6) is 0 Å². The second kappa shape index (κ2) is 7.84. The van der Waals surface area contributed by atoms with Crippen LogP contribution in [0.1, 0.15) is 34.7 Å². The van der Waals surface area contributed by atoms with Gasteiger partial charge in [0.1, 0.15) is 17.8 Å². The van der Waals surface area contributed by atoms with Gasteiger partial charge >= 0.3 is 0 Å². The maximum absolute atomic E-state index is 12.5. The highest BCUT2D eigenvalue weighted by atomic mass is 16.2. The van der Waals surface area contributed by atoms with Crippen LogP contribution in [-0.4, -0.2) is 53.4 Å². The van der Waals surface area contributed by atoms with E-state index >= 15 is 0 Å². The summed E-state index contributed by atoms with van der Waals surface area (Å²) in [5.41, 5.74) is 2.34.